The van der Waals surface area contributed by atoms with Gasteiger partial charge in [-0.1, -0.05) is 25.0 Å². The SMILES string of the molecule is O=C(CNCCOC1CCCC1)Nc1ccccc1F. The molecule has 1 aromatic carbocycles. The molecule has 20 heavy (non-hydrogen) atoms. The molecule has 5 heteroatoms. The highest BCUT2D eigenvalue weighted by Crippen LogP contribution is 2.20. The number of hydrogen-bond acceptors (Lipinski definition) is 3. The second-order valence-corrected chi connectivity index (χ2v) is 4.98. The van der Waals surface area contributed by atoms with E-state index in [2.05, 4.69) is 10.6 Å². The number of benzene rings is 1. The average molecular weight is 280 g/mol. The highest BCUT2D eigenvalue weighted by Gasteiger charge is 2.14. The Bertz CT molecular complexity index is 434. The molecule has 0 aromatic heterocycles. The van der Waals surface area contributed by atoms with E-state index in [0.717, 1.165) is 12.8 Å². The molecule has 1 aromatic rings. The van der Waals surface area contributed by atoms with E-state index in [9.17, 15) is 9.18 Å². The Kier molecular flexibility index (Phi) is 5.95. The van der Waals surface area contributed by atoms with E-state index < -0.39 is 5.82 Å². The summed E-state index contributed by atoms with van der Waals surface area (Å²) in [5, 5.41) is 5.51. The zero-order valence-electron chi connectivity index (χ0n) is 11.5. The number of anilines is 1. The highest BCUT2D eigenvalue weighted by molar-refractivity contribution is 5.92. The maximum Gasteiger partial charge on any atom is 0.238 e. The summed E-state index contributed by atoms with van der Waals surface area (Å²) in [6.07, 6.45) is 5.19. The molecule has 1 saturated carbocycles. The number of para-hydroxylation sites is 1. The molecule has 0 unspecified atom stereocenters. The first-order valence-corrected chi connectivity index (χ1v) is 7.12. The third-order valence-electron chi connectivity index (χ3n) is 3.37. The van der Waals surface area contributed by atoms with Gasteiger partial charge in [0.25, 0.3) is 0 Å². The van der Waals surface area contributed by atoms with Gasteiger partial charge in [-0.15, -0.1) is 0 Å². The van der Waals surface area contributed by atoms with Crippen LogP contribution in [0.5, 0.6) is 0 Å². The molecule has 0 bridgehead atoms. The van der Waals surface area contributed by atoms with Crippen molar-refractivity contribution in [3.8, 4) is 0 Å². The van der Waals surface area contributed by atoms with Crippen molar-refractivity contribution in [1.82, 2.24) is 5.32 Å². The Morgan fingerprint density at radius 2 is 2.05 bits per heavy atom. The topological polar surface area (TPSA) is 50.4 Å². The molecule has 0 aliphatic heterocycles. The average Bonchev–Trinajstić information content (AvgIpc) is 2.94. The molecule has 1 fully saturated rings. The number of carbonyl (C=O) groups excluding carboxylic acids is 1. The van der Waals surface area contributed by atoms with E-state index >= 15 is 0 Å². The van der Waals surface area contributed by atoms with Crippen molar-refractivity contribution in [2.45, 2.75) is 31.8 Å². The van der Waals surface area contributed by atoms with Crippen molar-refractivity contribution >= 4 is 11.6 Å². The Hall–Kier alpha value is -1.46. The monoisotopic (exact) mass is 280 g/mol. The van der Waals surface area contributed by atoms with Crippen molar-refractivity contribution in [3.63, 3.8) is 0 Å². The van der Waals surface area contributed by atoms with Crippen LogP contribution in [0.2, 0.25) is 0 Å². The van der Waals surface area contributed by atoms with Gasteiger partial charge in [-0.25, -0.2) is 4.39 Å². The second kappa shape index (κ2) is 7.97. The molecule has 1 aliphatic rings. The normalized spacial score (nSPS) is 15.4. The number of halogens is 1. The number of hydrogen-bond donors (Lipinski definition) is 2. The smallest absolute Gasteiger partial charge is 0.238 e. The third-order valence-corrected chi connectivity index (χ3v) is 3.37. The summed E-state index contributed by atoms with van der Waals surface area (Å²) < 4.78 is 19.0. The summed E-state index contributed by atoms with van der Waals surface area (Å²) >= 11 is 0. The summed E-state index contributed by atoms with van der Waals surface area (Å²) in [7, 11) is 0. The van der Waals surface area contributed by atoms with Crippen molar-refractivity contribution in [2.24, 2.45) is 0 Å². The van der Waals surface area contributed by atoms with Crippen molar-refractivity contribution in [1.29, 1.82) is 0 Å². The van der Waals surface area contributed by atoms with E-state index in [1.807, 2.05) is 0 Å². The van der Waals surface area contributed by atoms with Crippen molar-refractivity contribution < 1.29 is 13.9 Å². The molecule has 0 radical (unpaired) electrons. The van der Waals surface area contributed by atoms with Crippen LogP contribution in [0.15, 0.2) is 24.3 Å². The van der Waals surface area contributed by atoms with Gasteiger partial charge in [-0.3, -0.25) is 4.79 Å². The number of carbonyl (C=O) groups is 1. The molecule has 110 valence electrons. The lowest BCUT2D eigenvalue weighted by atomic mass is 10.3. The molecule has 0 spiro atoms. The number of ether oxygens (including phenoxy) is 1. The van der Waals surface area contributed by atoms with Gasteiger partial charge in [-0.05, 0) is 25.0 Å². The van der Waals surface area contributed by atoms with Gasteiger partial charge in [0.15, 0.2) is 0 Å². The van der Waals surface area contributed by atoms with E-state index in [0.29, 0.717) is 19.3 Å². The first kappa shape index (κ1) is 14.9. The van der Waals surface area contributed by atoms with Crippen LogP contribution in [0.4, 0.5) is 10.1 Å². The van der Waals surface area contributed by atoms with Crippen molar-refractivity contribution in [2.75, 3.05) is 25.0 Å². The largest absolute Gasteiger partial charge is 0.377 e. The zero-order valence-corrected chi connectivity index (χ0v) is 11.5. The predicted molar refractivity (Wildman–Crippen MR) is 76.1 cm³/mol. The minimum atomic E-state index is -0.426. The molecule has 0 heterocycles. The number of rotatable bonds is 7. The summed E-state index contributed by atoms with van der Waals surface area (Å²) in [4.78, 5) is 11.6. The summed E-state index contributed by atoms with van der Waals surface area (Å²) in [6, 6.07) is 6.13. The van der Waals surface area contributed by atoms with Gasteiger partial charge in [0.2, 0.25) is 5.91 Å². The van der Waals surface area contributed by atoms with Crippen LogP contribution in [0.25, 0.3) is 0 Å². The fourth-order valence-electron chi connectivity index (χ4n) is 2.31. The van der Waals surface area contributed by atoms with Crippen LogP contribution in [0.3, 0.4) is 0 Å². The lowest BCUT2D eigenvalue weighted by Crippen LogP contribution is -2.31. The Morgan fingerprint density at radius 3 is 2.80 bits per heavy atom. The van der Waals surface area contributed by atoms with Crippen LogP contribution in [0.1, 0.15) is 25.7 Å². The molecular weight excluding hydrogens is 259 g/mol. The molecule has 0 saturated heterocycles. The Morgan fingerprint density at radius 1 is 1.30 bits per heavy atom. The molecule has 1 aliphatic carbocycles. The van der Waals surface area contributed by atoms with Gasteiger partial charge in [0.05, 0.1) is 24.9 Å². The predicted octanol–water partition coefficient (Wildman–Crippen LogP) is 2.31. The third kappa shape index (κ3) is 4.90. The van der Waals surface area contributed by atoms with Gasteiger partial charge >= 0.3 is 0 Å². The van der Waals surface area contributed by atoms with Gasteiger partial charge in [0, 0.05) is 6.54 Å². The minimum Gasteiger partial charge on any atom is -0.377 e. The molecular formula is C15H21FN2O2. The van der Waals surface area contributed by atoms with E-state index in [1.165, 1.54) is 25.0 Å². The number of nitrogens with one attached hydrogen (secondary N) is 2. The van der Waals surface area contributed by atoms with Gasteiger partial charge in [0.1, 0.15) is 5.82 Å². The Labute approximate surface area is 118 Å². The van der Waals surface area contributed by atoms with Gasteiger partial charge < -0.3 is 15.4 Å². The summed E-state index contributed by atoms with van der Waals surface area (Å²) in [6.45, 7) is 1.39. The summed E-state index contributed by atoms with van der Waals surface area (Å²) in [5.74, 6) is -0.679. The van der Waals surface area contributed by atoms with Crippen LogP contribution in [-0.2, 0) is 9.53 Å². The highest BCUT2D eigenvalue weighted by atomic mass is 19.1. The van der Waals surface area contributed by atoms with Crippen LogP contribution >= 0.6 is 0 Å². The maximum absolute atomic E-state index is 13.3. The lowest BCUT2D eigenvalue weighted by molar-refractivity contribution is -0.115. The zero-order chi connectivity index (χ0) is 14.2. The second-order valence-electron chi connectivity index (χ2n) is 4.98. The Balaban J connectivity index is 1.57. The fraction of sp³-hybridized carbons (Fsp3) is 0.533. The standard InChI is InChI=1S/C15H21FN2O2/c16-13-7-3-4-8-14(13)18-15(19)11-17-9-10-20-12-5-1-2-6-12/h3-4,7-8,12,17H,1-2,5-6,9-11H2,(H,18,19). The van der Waals surface area contributed by atoms with E-state index in [4.69, 9.17) is 4.74 Å². The maximum atomic E-state index is 13.3. The van der Waals surface area contributed by atoms with Crippen LogP contribution in [0, 0.1) is 5.82 Å². The van der Waals surface area contributed by atoms with E-state index in [1.54, 1.807) is 12.1 Å². The fourth-order valence-corrected chi connectivity index (χ4v) is 2.31. The first-order chi connectivity index (χ1) is 9.75. The lowest BCUT2D eigenvalue weighted by Gasteiger charge is -2.11. The first-order valence-electron chi connectivity index (χ1n) is 7.12. The summed E-state index contributed by atoms with van der Waals surface area (Å²) in [5.41, 5.74) is 0.210. The van der Waals surface area contributed by atoms with Gasteiger partial charge in [-0.2, -0.15) is 0 Å². The number of amides is 1. The quantitative estimate of drug-likeness (QED) is 0.754. The molecule has 0 atom stereocenters. The van der Waals surface area contributed by atoms with Crippen molar-refractivity contribution in [3.05, 3.63) is 30.1 Å². The molecule has 4 nitrogen and oxygen atoms in total. The van der Waals surface area contributed by atoms with Crippen LogP contribution in [-0.4, -0.2) is 31.7 Å². The van der Waals surface area contributed by atoms with Crippen LogP contribution < -0.4 is 10.6 Å². The van der Waals surface area contributed by atoms with E-state index in [-0.39, 0.29) is 18.1 Å². The molecule has 1 amide bonds. The molecule has 2 rings (SSSR count). The minimum absolute atomic E-state index is 0.155. The molecule has 2 N–H and O–H groups in total.